The second-order valence-electron chi connectivity index (χ2n) is 4.49. The van der Waals surface area contributed by atoms with Crippen molar-refractivity contribution in [3.8, 4) is 11.5 Å². The zero-order valence-corrected chi connectivity index (χ0v) is 10.8. The van der Waals surface area contributed by atoms with Gasteiger partial charge in [0.15, 0.2) is 5.96 Å². The van der Waals surface area contributed by atoms with E-state index in [0.717, 1.165) is 30.3 Å². The van der Waals surface area contributed by atoms with Gasteiger partial charge in [0.2, 0.25) is 5.89 Å². The number of oxazole rings is 1. The van der Waals surface area contributed by atoms with E-state index in [2.05, 4.69) is 20.2 Å². The molecule has 0 saturated heterocycles. The van der Waals surface area contributed by atoms with Gasteiger partial charge in [-0.1, -0.05) is 18.2 Å². The number of guanidine groups is 1. The van der Waals surface area contributed by atoms with Gasteiger partial charge in [-0.25, -0.2) is 4.98 Å². The summed E-state index contributed by atoms with van der Waals surface area (Å²) in [6.45, 7) is 2.45. The Labute approximate surface area is 112 Å². The molecule has 3 rings (SSSR count). The van der Waals surface area contributed by atoms with E-state index in [-0.39, 0.29) is 0 Å². The van der Waals surface area contributed by atoms with Crippen molar-refractivity contribution >= 4 is 5.96 Å². The van der Waals surface area contributed by atoms with E-state index in [0.29, 0.717) is 12.4 Å². The second-order valence-corrected chi connectivity index (χ2v) is 4.49. The van der Waals surface area contributed by atoms with Gasteiger partial charge in [-0.15, -0.1) is 0 Å². The van der Waals surface area contributed by atoms with Crippen LogP contribution in [0.2, 0.25) is 0 Å². The lowest BCUT2D eigenvalue weighted by Crippen LogP contribution is -2.35. The van der Waals surface area contributed by atoms with Crippen molar-refractivity contribution in [3.05, 3.63) is 42.3 Å². The molecule has 0 radical (unpaired) electrons. The first-order chi connectivity index (χ1) is 9.33. The molecule has 1 aromatic carbocycles. The lowest BCUT2D eigenvalue weighted by atomic mass is 10.2. The summed E-state index contributed by atoms with van der Waals surface area (Å²) in [5.74, 6) is 1.57. The van der Waals surface area contributed by atoms with Crippen LogP contribution in [0.5, 0.6) is 0 Å². The molecule has 0 atom stereocenters. The van der Waals surface area contributed by atoms with Crippen molar-refractivity contribution in [2.75, 3.05) is 20.1 Å². The highest BCUT2D eigenvalue weighted by Gasteiger charge is 2.12. The average molecular weight is 256 g/mol. The molecule has 0 saturated carbocycles. The molecule has 2 heterocycles. The van der Waals surface area contributed by atoms with Crippen LogP contribution in [0.4, 0.5) is 0 Å². The fourth-order valence-corrected chi connectivity index (χ4v) is 1.99. The fourth-order valence-electron chi connectivity index (χ4n) is 1.99. The van der Waals surface area contributed by atoms with Crippen LogP contribution in [-0.2, 0) is 6.54 Å². The minimum absolute atomic E-state index is 0.625. The Hall–Kier alpha value is -2.30. The SMILES string of the molecule is CN1CCN=C1NCc1coc(-c2ccccc2)n1. The van der Waals surface area contributed by atoms with E-state index in [1.165, 1.54) is 0 Å². The molecule has 1 aliphatic heterocycles. The predicted molar refractivity (Wildman–Crippen MR) is 73.7 cm³/mol. The Morgan fingerprint density at radius 1 is 1.32 bits per heavy atom. The summed E-state index contributed by atoms with van der Waals surface area (Å²) < 4.78 is 5.49. The molecule has 0 unspecified atom stereocenters. The first-order valence-corrected chi connectivity index (χ1v) is 6.32. The van der Waals surface area contributed by atoms with Crippen LogP contribution >= 0.6 is 0 Å². The maximum atomic E-state index is 5.49. The highest BCUT2D eigenvalue weighted by atomic mass is 16.3. The monoisotopic (exact) mass is 256 g/mol. The summed E-state index contributed by atoms with van der Waals surface area (Å²) in [5.41, 5.74) is 1.87. The second kappa shape index (κ2) is 5.14. The zero-order valence-electron chi connectivity index (χ0n) is 10.8. The molecule has 0 spiro atoms. The van der Waals surface area contributed by atoms with E-state index in [1.54, 1.807) is 6.26 Å². The fraction of sp³-hybridized carbons (Fsp3) is 0.286. The number of hydrogen-bond donors (Lipinski definition) is 1. The topological polar surface area (TPSA) is 53.7 Å². The molecule has 1 aromatic heterocycles. The molecule has 0 aliphatic carbocycles. The first-order valence-electron chi connectivity index (χ1n) is 6.32. The first kappa shape index (κ1) is 11.8. The molecule has 5 heteroatoms. The Kier molecular flexibility index (Phi) is 3.18. The number of nitrogens with zero attached hydrogens (tertiary/aromatic N) is 3. The Morgan fingerprint density at radius 2 is 2.16 bits per heavy atom. The maximum absolute atomic E-state index is 5.49. The van der Waals surface area contributed by atoms with E-state index >= 15 is 0 Å². The number of hydrogen-bond acceptors (Lipinski definition) is 5. The molecule has 0 amide bonds. The third-order valence-electron chi connectivity index (χ3n) is 3.06. The van der Waals surface area contributed by atoms with Gasteiger partial charge >= 0.3 is 0 Å². The van der Waals surface area contributed by atoms with Crippen LogP contribution in [0.3, 0.4) is 0 Å². The van der Waals surface area contributed by atoms with E-state index in [4.69, 9.17) is 4.42 Å². The third-order valence-corrected chi connectivity index (χ3v) is 3.06. The Bertz CT molecular complexity index is 576. The average Bonchev–Trinajstić information content (AvgIpc) is 3.06. The summed E-state index contributed by atoms with van der Waals surface area (Å²) in [5, 5.41) is 3.27. The third kappa shape index (κ3) is 2.59. The molecule has 19 heavy (non-hydrogen) atoms. The van der Waals surface area contributed by atoms with Crippen molar-refractivity contribution in [1.29, 1.82) is 0 Å². The van der Waals surface area contributed by atoms with Gasteiger partial charge in [0.1, 0.15) is 6.26 Å². The van der Waals surface area contributed by atoms with Crippen LogP contribution in [0.25, 0.3) is 11.5 Å². The van der Waals surface area contributed by atoms with Gasteiger partial charge in [0.05, 0.1) is 18.8 Å². The molecule has 0 bridgehead atoms. The van der Waals surface area contributed by atoms with Crippen LogP contribution in [0, 0.1) is 0 Å². The zero-order chi connectivity index (χ0) is 13.1. The number of aliphatic imine (C=N–C) groups is 1. The lowest BCUT2D eigenvalue weighted by Gasteiger charge is -2.13. The van der Waals surface area contributed by atoms with Gasteiger partial charge in [0.25, 0.3) is 0 Å². The summed E-state index contributed by atoms with van der Waals surface area (Å²) in [4.78, 5) is 10.9. The summed E-state index contributed by atoms with van der Waals surface area (Å²) >= 11 is 0. The summed E-state index contributed by atoms with van der Waals surface area (Å²) in [7, 11) is 2.02. The quantitative estimate of drug-likeness (QED) is 0.908. The molecular weight excluding hydrogens is 240 g/mol. The Balaban J connectivity index is 1.66. The number of likely N-dealkylation sites (N-methyl/N-ethyl adjacent to an activating group) is 1. The summed E-state index contributed by atoms with van der Waals surface area (Å²) in [6, 6.07) is 9.89. The van der Waals surface area contributed by atoms with E-state index < -0.39 is 0 Å². The molecule has 98 valence electrons. The number of aromatic nitrogens is 1. The van der Waals surface area contributed by atoms with Crippen molar-refractivity contribution in [3.63, 3.8) is 0 Å². The molecule has 2 aromatic rings. The minimum Gasteiger partial charge on any atom is -0.444 e. The van der Waals surface area contributed by atoms with Gasteiger partial charge in [-0.05, 0) is 12.1 Å². The van der Waals surface area contributed by atoms with Gasteiger partial charge in [0, 0.05) is 19.2 Å². The van der Waals surface area contributed by atoms with Crippen LogP contribution in [0.15, 0.2) is 46.0 Å². The summed E-state index contributed by atoms with van der Waals surface area (Å²) in [6.07, 6.45) is 1.69. The maximum Gasteiger partial charge on any atom is 0.226 e. The van der Waals surface area contributed by atoms with Crippen molar-refractivity contribution in [2.45, 2.75) is 6.54 Å². The van der Waals surface area contributed by atoms with Crippen LogP contribution in [-0.4, -0.2) is 36.0 Å². The van der Waals surface area contributed by atoms with Gasteiger partial charge < -0.3 is 14.6 Å². The number of benzene rings is 1. The largest absolute Gasteiger partial charge is 0.444 e. The van der Waals surface area contributed by atoms with E-state index in [1.807, 2.05) is 37.4 Å². The van der Waals surface area contributed by atoms with Crippen LogP contribution < -0.4 is 5.32 Å². The number of nitrogens with one attached hydrogen (secondary N) is 1. The molecule has 5 nitrogen and oxygen atoms in total. The van der Waals surface area contributed by atoms with E-state index in [9.17, 15) is 0 Å². The van der Waals surface area contributed by atoms with Gasteiger partial charge in [-0.3, -0.25) is 4.99 Å². The predicted octanol–water partition coefficient (Wildman–Crippen LogP) is 1.73. The Morgan fingerprint density at radius 3 is 2.89 bits per heavy atom. The highest BCUT2D eigenvalue weighted by Crippen LogP contribution is 2.17. The van der Waals surface area contributed by atoms with Gasteiger partial charge in [-0.2, -0.15) is 0 Å². The standard InChI is InChI=1S/C14H16N4O/c1-18-8-7-15-14(18)16-9-12-10-19-13(17-12)11-5-3-2-4-6-11/h2-6,10H,7-9H2,1H3,(H,15,16). The highest BCUT2D eigenvalue weighted by molar-refractivity contribution is 5.81. The lowest BCUT2D eigenvalue weighted by molar-refractivity contribution is 0.532. The normalized spacial score (nSPS) is 14.6. The minimum atomic E-state index is 0.625. The molecular formula is C14H16N4O. The van der Waals surface area contributed by atoms with Crippen molar-refractivity contribution < 1.29 is 4.42 Å². The number of rotatable bonds is 3. The molecule has 1 aliphatic rings. The van der Waals surface area contributed by atoms with Crippen LogP contribution in [0.1, 0.15) is 5.69 Å². The smallest absolute Gasteiger partial charge is 0.226 e. The molecule has 1 N–H and O–H groups in total. The van der Waals surface area contributed by atoms with Crippen molar-refractivity contribution in [1.82, 2.24) is 15.2 Å². The van der Waals surface area contributed by atoms with Crippen molar-refractivity contribution in [2.24, 2.45) is 4.99 Å². The molecule has 0 fully saturated rings.